The summed E-state index contributed by atoms with van der Waals surface area (Å²) in [5.41, 5.74) is -0.652. The third kappa shape index (κ3) is 8.56. The van der Waals surface area contributed by atoms with E-state index < -0.39 is 61.8 Å². The van der Waals surface area contributed by atoms with E-state index >= 15 is 4.39 Å². The zero-order chi connectivity index (χ0) is 47.1. The molecule has 4 aromatic rings. The van der Waals surface area contributed by atoms with Crippen LogP contribution in [0.15, 0.2) is 46.2 Å². The molecule has 15 nitrogen and oxygen atoms in total. The minimum Gasteiger partial charge on any atom is -0.390 e. The van der Waals surface area contributed by atoms with Gasteiger partial charge < -0.3 is 25.1 Å². The fourth-order valence-corrected chi connectivity index (χ4v) is 13.2. The van der Waals surface area contributed by atoms with Crippen molar-refractivity contribution >= 4 is 55.8 Å². The van der Waals surface area contributed by atoms with Crippen LogP contribution in [0.25, 0.3) is 11.0 Å². The molecule has 2 unspecified atom stereocenters. The minimum atomic E-state index is -4.68. The van der Waals surface area contributed by atoms with E-state index in [1.807, 2.05) is 4.90 Å². The van der Waals surface area contributed by atoms with Crippen molar-refractivity contribution in [1.29, 1.82) is 0 Å². The zero-order valence-corrected chi connectivity index (χ0v) is 38.4. The Morgan fingerprint density at radius 1 is 0.955 bits per heavy atom. The predicted octanol–water partition coefficient (Wildman–Crippen LogP) is 5.85. The van der Waals surface area contributed by atoms with Gasteiger partial charge in [-0.3, -0.25) is 24.0 Å². The van der Waals surface area contributed by atoms with E-state index in [2.05, 4.69) is 25.5 Å². The molecule has 4 saturated heterocycles. The van der Waals surface area contributed by atoms with Crippen LogP contribution in [0.4, 0.5) is 40.7 Å². The van der Waals surface area contributed by atoms with Gasteiger partial charge >= 0.3 is 11.9 Å². The van der Waals surface area contributed by atoms with Crippen molar-refractivity contribution in [2.75, 3.05) is 60.9 Å². The van der Waals surface area contributed by atoms with Gasteiger partial charge in [-0.25, -0.2) is 22.6 Å². The molecule has 2 atom stereocenters. The Bertz CT molecular complexity index is 2730. The molecule has 2 aromatic heterocycles. The van der Waals surface area contributed by atoms with Crippen LogP contribution >= 0.6 is 0 Å². The van der Waals surface area contributed by atoms with Crippen molar-refractivity contribution in [3.63, 3.8) is 0 Å². The summed E-state index contributed by atoms with van der Waals surface area (Å²) in [6.07, 6.45) is 1.58. The number of halogens is 4. The fourth-order valence-electron chi connectivity index (χ4n) is 11.0. The molecule has 356 valence electrons. The molecule has 0 radical (unpaired) electrons. The van der Waals surface area contributed by atoms with Crippen LogP contribution in [0.1, 0.15) is 88.8 Å². The van der Waals surface area contributed by atoms with Gasteiger partial charge in [-0.1, -0.05) is 0 Å². The van der Waals surface area contributed by atoms with E-state index in [0.717, 1.165) is 51.5 Å². The van der Waals surface area contributed by atoms with Crippen LogP contribution in [0.2, 0.25) is 0 Å². The monoisotopic (exact) mass is 939 g/mol. The third-order valence-electron chi connectivity index (χ3n) is 15.2. The summed E-state index contributed by atoms with van der Waals surface area (Å²) in [6, 6.07) is 7.18. The molecule has 9 rings (SSSR count). The van der Waals surface area contributed by atoms with Crippen molar-refractivity contribution in [1.82, 2.24) is 29.3 Å². The summed E-state index contributed by atoms with van der Waals surface area (Å²) >= 11 is 0. The first kappa shape index (κ1) is 46.0. The number of nitrogens with zero attached hydrogens (tertiary/aromatic N) is 7. The SMILES string of the molecule is Cc1cc(S(=O)(=O)C2CC3(CCN(CC4CCN(c5ccc6c(c5F)n(C)c(=O)n6C5CCC(=O)NC5=O)CC4)CC3)C2)ccc1Nc1ncc(C(F)(F)F)c(N2CCC(C(C)(C)O)C2)n1. The van der Waals surface area contributed by atoms with Crippen molar-refractivity contribution in [2.45, 2.75) is 107 Å². The third-order valence-corrected chi connectivity index (χ3v) is 17.3. The number of likely N-dealkylation sites (tertiary alicyclic amines) is 1. The van der Waals surface area contributed by atoms with Crippen LogP contribution in [0.5, 0.6) is 0 Å². The number of imide groups is 1. The molecule has 2 amide bonds. The zero-order valence-electron chi connectivity index (χ0n) is 37.6. The standard InChI is InChI=1S/C46H57F4N9O6S/c1-27-21-30(5-6-33(27)52-42-51-24-32(46(48,49)50)40(54-42)58-18-13-29(26-58)44(2,3)63)66(64,65)31-22-45(23-31)14-19-56(20-15-45)25-28-11-16-57(17-12-28)34-7-8-35-39(38(34)47)55(4)43(62)59(35)36-9-10-37(60)53-41(36)61/h5-8,21,24,28-29,31,36,63H,9-20,22-23,25-26H2,1-4H3,(H,51,52,54)(H,53,60,61). The van der Waals surface area contributed by atoms with Gasteiger partial charge in [0, 0.05) is 64.0 Å². The number of fused-ring (bicyclic) bond motifs is 1. The average Bonchev–Trinajstić information content (AvgIpc) is 3.85. The van der Waals surface area contributed by atoms with Crippen LogP contribution in [0, 0.1) is 30.0 Å². The Balaban J connectivity index is 0.771. The van der Waals surface area contributed by atoms with E-state index in [0.29, 0.717) is 67.3 Å². The maximum absolute atomic E-state index is 16.2. The summed E-state index contributed by atoms with van der Waals surface area (Å²) in [6.45, 7) is 9.49. The topological polar surface area (TPSA) is 175 Å². The highest BCUT2D eigenvalue weighted by molar-refractivity contribution is 7.92. The van der Waals surface area contributed by atoms with E-state index in [9.17, 15) is 41.1 Å². The highest BCUT2D eigenvalue weighted by atomic mass is 32.2. The second-order valence-electron chi connectivity index (χ2n) is 19.9. The Hall–Kier alpha value is -5.08. The average molecular weight is 940 g/mol. The number of aryl methyl sites for hydroxylation is 2. The van der Waals surface area contributed by atoms with Gasteiger partial charge in [0.15, 0.2) is 15.7 Å². The summed E-state index contributed by atoms with van der Waals surface area (Å²) in [5.74, 6) is -1.60. The summed E-state index contributed by atoms with van der Waals surface area (Å²) < 4.78 is 88.6. The normalized spacial score (nSPS) is 22.6. The predicted molar refractivity (Wildman–Crippen MR) is 240 cm³/mol. The molecule has 2 aromatic carbocycles. The lowest BCUT2D eigenvalue weighted by atomic mass is 9.63. The molecule has 1 spiro atoms. The molecule has 4 aliphatic heterocycles. The number of rotatable bonds is 10. The molecular weight excluding hydrogens is 883 g/mol. The van der Waals surface area contributed by atoms with Gasteiger partial charge in [0.2, 0.25) is 17.8 Å². The highest BCUT2D eigenvalue weighted by Gasteiger charge is 2.51. The molecule has 20 heteroatoms. The summed E-state index contributed by atoms with van der Waals surface area (Å²) in [7, 11) is -2.15. The second kappa shape index (κ2) is 16.9. The molecule has 6 heterocycles. The van der Waals surface area contributed by atoms with Gasteiger partial charge in [0.05, 0.1) is 27.0 Å². The molecule has 0 bridgehead atoms. The number of benzene rings is 2. The Morgan fingerprint density at radius 2 is 1.65 bits per heavy atom. The maximum atomic E-state index is 16.2. The van der Waals surface area contributed by atoms with Crippen molar-refractivity contribution in [3.05, 3.63) is 64.0 Å². The number of carbonyl (C=O) groups is 2. The van der Waals surface area contributed by atoms with E-state index in [1.54, 1.807) is 45.0 Å². The largest absolute Gasteiger partial charge is 0.421 e. The van der Waals surface area contributed by atoms with E-state index in [1.165, 1.54) is 27.1 Å². The van der Waals surface area contributed by atoms with Gasteiger partial charge in [-0.15, -0.1) is 0 Å². The number of hydrogen-bond acceptors (Lipinski definition) is 12. The molecule has 1 saturated carbocycles. The quantitative estimate of drug-likeness (QED) is 0.128. The number of amides is 2. The second-order valence-corrected chi connectivity index (χ2v) is 22.1. The van der Waals surface area contributed by atoms with Gasteiger partial charge in [0.25, 0.3) is 0 Å². The van der Waals surface area contributed by atoms with Crippen molar-refractivity contribution < 1.29 is 40.7 Å². The molecular formula is C46H57F4N9O6S. The number of nitrogens with one attached hydrogen (secondary N) is 2. The number of sulfone groups is 1. The van der Waals surface area contributed by atoms with Crippen molar-refractivity contribution in [2.24, 2.45) is 24.3 Å². The van der Waals surface area contributed by atoms with Crippen molar-refractivity contribution in [3.8, 4) is 0 Å². The number of aliphatic hydroxyl groups is 1. The first-order valence-electron chi connectivity index (χ1n) is 22.9. The Labute approximate surface area is 380 Å². The summed E-state index contributed by atoms with van der Waals surface area (Å²) in [5, 5.41) is 15.3. The molecule has 5 fully saturated rings. The lowest BCUT2D eigenvalue weighted by Gasteiger charge is -2.52. The van der Waals surface area contributed by atoms with E-state index in [-0.39, 0.29) is 52.9 Å². The lowest BCUT2D eigenvalue weighted by Crippen LogP contribution is -2.52. The number of imidazole rings is 1. The van der Waals surface area contributed by atoms with Crippen LogP contribution in [0.3, 0.4) is 0 Å². The van der Waals surface area contributed by atoms with Gasteiger partial charge in [0.1, 0.15) is 22.9 Å². The van der Waals surface area contributed by atoms with Crippen LogP contribution in [-0.2, 0) is 32.7 Å². The maximum Gasteiger partial charge on any atom is 0.421 e. The molecule has 5 aliphatic rings. The van der Waals surface area contributed by atoms with Crippen LogP contribution in [-0.4, -0.2) is 106 Å². The summed E-state index contributed by atoms with van der Waals surface area (Å²) in [4.78, 5) is 52.0. The molecule has 3 N–H and O–H groups in total. The molecule has 1 aliphatic carbocycles. The first-order chi connectivity index (χ1) is 31.1. The Kier molecular flexibility index (Phi) is 11.8. The lowest BCUT2D eigenvalue weighted by molar-refractivity contribution is -0.138. The highest BCUT2D eigenvalue weighted by Crippen LogP contribution is 2.53. The first-order valence-corrected chi connectivity index (χ1v) is 24.4. The van der Waals surface area contributed by atoms with Gasteiger partial charge in [-0.2, -0.15) is 18.2 Å². The number of piperidine rings is 3. The number of carbonyl (C=O) groups excluding carboxylic acids is 2. The van der Waals surface area contributed by atoms with E-state index in [4.69, 9.17) is 0 Å². The van der Waals surface area contributed by atoms with Crippen LogP contribution < -0.4 is 26.1 Å². The fraction of sp³-hybridized carbons (Fsp3) is 0.587. The Morgan fingerprint density at radius 3 is 2.29 bits per heavy atom. The molecule has 66 heavy (non-hydrogen) atoms. The number of hydrogen-bond donors (Lipinski definition) is 3. The van der Waals surface area contributed by atoms with Gasteiger partial charge in [-0.05, 0) is 132 Å². The number of aromatic nitrogens is 4. The smallest absolute Gasteiger partial charge is 0.390 e. The minimum absolute atomic E-state index is 0.0263. The number of alkyl halides is 3. The number of anilines is 4.